The molecule has 18 heavy (non-hydrogen) atoms. The first-order valence-corrected chi connectivity index (χ1v) is 7.41. The van der Waals surface area contributed by atoms with Gasteiger partial charge in [-0.05, 0) is 45.3 Å². The highest BCUT2D eigenvalue weighted by Gasteiger charge is 2.28. The van der Waals surface area contributed by atoms with E-state index in [4.69, 9.17) is 0 Å². The van der Waals surface area contributed by atoms with Crippen LogP contribution in [0.15, 0.2) is 0 Å². The Morgan fingerprint density at radius 2 is 2.22 bits per heavy atom. The van der Waals surface area contributed by atoms with Crippen molar-refractivity contribution in [1.29, 1.82) is 0 Å². The van der Waals surface area contributed by atoms with Gasteiger partial charge in [0.25, 0.3) is 0 Å². The maximum Gasteiger partial charge on any atom is 0.223 e. The smallest absolute Gasteiger partial charge is 0.223 e. The second kappa shape index (κ2) is 6.53. The van der Waals surface area contributed by atoms with Crippen molar-refractivity contribution >= 4 is 5.91 Å². The number of rotatable bonds is 5. The van der Waals surface area contributed by atoms with Gasteiger partial charge in [-0.25, -0.2) is 0 Å². The molecule has 0 aromatic rings. The number of carbonyl (C=O) groups excluding carboxylic acids is 1. The molecule has 2 atom stereocenters. The zero-order valence-corrected chi connectivity index (χ0v) is 11.7. The van der Waals surface area contributed by atoms with Crippen LogP contribution in [0.25, 0.3) is 0 Å². The van der Waals surface area contributed by atoms with Crippen molar-refractivity contribution in [2.45, 2.75) is 39.2 Å². The monoisotopic (exact) mass is 253 g/mol. The van der Waals surface area contributed by atoms with Gasteiger partial charge in [0, 0.05) is 25.0 Å². The molecule has 1 amide bonds. The number of likely N-dealkylation sites (tertiary alicyclic amines) is 1. The largest absolute Gasteiger partial charge is 0.355 e. The molecule has 0 aromatic carbocycles. The molecule has 0 aliphatic carbocycles. The summed E-state index contributed by atoms with van der Waals surface area (Å²) in [5, 5.41) is 6.31. The highest BCUT2D eigenvalue weighted by Crippen LogP contribution is 2.16. The van der Waals surface area contributed by atoms with Crippen molar-refractivity contribution in [3.05, 3.63) is 0 Å². The van der Waals surface area contributed by atoms with E-state index in [0.717, 1.165) is 26.2 Å². The Bertz CT molecular complexity index is 278. The van der Waals surface area contributed by atoms with Crippen LogP contribution in [0.2, 0.25) is 0 Å². The van der Waals surface area contributed by atoms with E-state index in [1.54, 1.807) is 0 Å². The number of nitrogens with one attached hydrogen (secondary N) is 2. The minimum absolute atomic E-state index is 0.157. The summed E-state index contributed by atoms with van der Waals surface area (Å²) in [6, 6.07) is 0.684. The maximum absolute atomic E-state index is 11.9. The van der Waals surface area contributed by atoms with Crippen molar-refractivity contribution in [1.82, 2.24) is 15.5 Å². The fraction of sp³-hybridized carbons (Fsp3) is 0.929. The second-order valence-electron chi connectivity index (χ2n) is 5.88. The Kier molecular flexibility index (Phi) is 5.01. The van der Waals surface area contributed by atoms with Crippen LogP contribution in [0.5, 0.6) is 0 Å². The number of piperidine rings is 1. The zero-order chi connectivity index (χ0) is 13.0. The lowest BCUT2D eigenvalue weighted by Gasteiger charge is -2.34. The normalized spacial score (nSPS) is 27.6. The Labute approximate surface area is 110 Å². The molecule has 0 spiro atoms. The van der Waals surface area contributed by atoms with Gasteiger partial charge < -0.3 is 10.6 Å². The molecule has 104 valence electrons. The molecule has 2 unspecified atom stereocenters. The summed E-state index contributed by atoms with van der Waals surface area (Å²) >= 11 is 0. The average molecular weight is 253 g/mol. The van der Waals surface area contributed by atoms with Crippen LogP contribution in [0.4, 0.5) is 0 Å². The van der Waals surface area contributed by atoms with Crippen LogP contribution in [0.1, 0.15) is 33.1 Å². The van der Waals surface area contributed by atoms with E-state index < -0.39 is 0 Å². The molecule has 4 heteroatoms. The molecule has 2 aliphatic heterocycles. The van der Waals surface area contributed by atoms with Crippen LogP contribution < -0.4 is 10.6 Å². The molecule has 0 bridgehead atoms. The summed E-state index contributed by atoms with van der Waals surface area (Å²) in [7, 11) is 0. The second-order valence-corrected chi connectivity index (χ2v) is 5.88. The van der Waals surface area contributed by atoms with Crippen molar-refractivity contribution in [3.63, 3.8) is 0 Å². The molecule has 0 aromatic heterocycles. The zero-order valence-electron chi connectivity index (χ0n) is 11.7. The van der Waals surface area contributed by atoms with Crippen molar-refractivity contribution in [2.75, 3.05) is 32.7 Å². The van der Waals surface area contributed by atoms with Gasteiger partial charge in [-0.2, -0.15) is 0 Å². The van der Waals surface area contributed by atoms with Crippen LogP contribution in [-0.4, -0.2) is 49.6 Å². The lowest BCUT2D eigenvalue weighted by Crippen LogP contribution is -2.50. The van der Waals surface area contributed by atoms with Gasteiger partial charge >= 0.3 is 0 Å². The third kappa shape index (κ3) is 3.45. The number of hydrogen-bond acceptors (Lipinski definition) is 3. The summed E-state index contributed by atoms with van der Waals surface area (Å²) in [5.74, 6) is 0.926. The van der Waals surface area contributed by atoms with E-state index in [1.807, 2.05) is 6.92 Å². The van der Waals surface area contributed by atoms with Crippen LogP contribution in [0.3, 0.4) is 0 Å². The van der Waals surface area contributed by atoms with E-state index in [-0.39, 0.29) is 11.8 Å². The fourth-order valence-electron chi connectivity index (χ4n) is 2.85. The van der Waals surface area contributed by atoms with Gasteiger partial charge in [-0.3, -0.25) is 9.69 Å². The molecule has 2 N–H and O–H groups in total. The van der Waals surface area contributed by atoms with Gasteiger partial charge in [-0.15, -0.1) is 0 Å². The summed E-state index contributed by atoms with van der Waals surface area (Å²) in [4.78, 5) is 14.4. The van der Waals surface area contributed by atoms with Crippen LogP contribution >= 0.6 is 0 Å². The van der Waals surface area contributed by atoms with Gasteiger partial charge in [-0.1, -0.05) is 13.3 Å². The predicted octanol–water partition coefficient (Wildman–Crippen LogP) is 0.833. The van der Waals surface area contributed by atoms with Crippen LogP contribution in [0, 0.1) is 11.8 Å². The fourth-order valence-corrected chi connectivity index (χ4v) is 2.85. The third-order valence-corrected chi connectivity index (χ3v) is 4.57. The average Bonchev–Trinajstić information content (AvgIpc) is 2.29. The van der Waals surface area contributed by atoms with E-state index >= 15 is 0 Å². The SMILES string of the molecule is CC(C(=O)NCCN1CCCCC1C)C1CNC1. The molecule has 0 saturated carbocycles. The minimum atomic E-state index is 0.157. The highest BCUT2D eigenvalue weighted by molar-refractivity contribution is 5.78. The molecule has 2 fully saturated rings. The highest BCUT2D eigenvalue weighted by atomic mass is 16.1. The lowest BCUT2D eigenvalue weighted by atomic mass is 9.88. The molecular weight excluding hydrogens is 226 g/mol. The van der Waals surface area contributed by atoms with Gasteiger partial charge in [0.2, 0.25) is 5.91 Å². The van der Waals surface area contributed by atoms with Gasteiger partial charge in [0.05, 0.1) is 0 Å². The number of amides is 1. The van der Waals surface area contributed by atoms with Crippen molar-refractivity contribution in [2.24, 2.45) is 11.8 Å². The van der Waals surface area contributed by atoms with E-state index in [0.29, 0.717) is 12.0 Å². The van der Waals surface area contributed by atoms with E-state index in [9.17, 15) is 4.79 Å². The molecule has 0 radical (unpaired) electrons. The number of hydrogen-bond donors (Lipinski definition) is 2. The maximum atomic E-state index is 11.9. The summed E-state index contributed by atoms with van der Waals surface area (Å²) in [5.41, 5.74) is 0. The van der Waals surface area contributed by atoms with Crippen molar-refractivity contribution < 1.29 is 4.79 Å². The number of carbonyl (C=O) groups is 1. The minimum Gasteiger partial charge on any atom is -0.355 e. The summed E-state index contributed by atoms with van der Waals surface area (Å²) in [6.07, 6.45) is 3.97. The predicted molar refractivity (Wildman–Crippen MR) is 73.4 cm³/mol. The molecule has 4 nitrogen and oxygen atoms in total. The van der Waals surface area contributed by atoms with E-state index in [1.165, 1.54) is 25.8 Å². The first-order valence-electron chi connectivity index (χ1n) is 7.41. The summed E-state index contributed by atoms with van der Waals surface area (Å²) < 4.78 is 0. The summed E-state index contributed by atoms with van der Waals surface area (Å²) in [6.45, 7) is 9.33. The van der Waals surface area contributed by atoms with Gasteiger partial charge in [0.1, 0.15) is 0 Å². The molecular formula is C14H27N3O. The Morgan fingerprint density at radius 1 is 1.44 bits per heavy atom. The van der Waals surface area contributed by atoms with Crippen molar-refractivity contribution in [3.8, 4) is 0 Å². The molecule has 2 saturated heterocycles. The molecule has 2 heterocycles. The standard InChI is InChI=1S/C14H27N3O/c1-11-5-3-4-7-17(11)8-6-16-14(18)12(2)13-9-15-10-13/h11-13,15H,3-10H2,1-2H3,(H,16,18). The Hall–Kier alpha value is -0.610. The third-order valence-electron chi connectivity index (χ3n) is 4.57. The number of nitrogens with zero attached hydrogens (tertiary/aromatic N) is 1. The Morgan fingerprint density at radius 3 is 2.83 bits per heavy atom. The quantitative estimate of drug-likeness (QED) is 0.763. The van der Waals surface area contributed by atoms with Crippen LogP contribution in [-0.2, 0) is 4.79 Å². The van der Waals surface area contributed by atoms with Gasteiger partial charge in [0.15, 0.2) is 0 Å². The Balaban J connectivity index is 1.63. The van der Waals surface area contributed by atoms with E-state index in [2.05, 4.69) is 22.5 Å². The first kappa shape index (κ1) is 13.8. The topological polar surface area (TPSA) is 44.4 Å². The molecule has 2 rings (SSSR count). The molecule has 2 aliphatic rings. The lowest BCUT2D eigenvalue weighted by molar-refractivity contribution is -0.126. The first-order chi connectivity index (χ1) is 8.68.